The van der Waals surface area contributed by atoms with Crippen LogP contribution in [-0.2, 0) is 0 Å². The third kappa shape index (κ3) is 3.72. The fraction of sp³-hybridized carbons (Fsp3) is 0.364. The van der Waals surface area contributed by atoms with E-state index in [1.165, 1.54) is 12.1 Å². The van der Waals surface area contributed by atoms with Crippen molar-refractivity contribution in [3.63, 3.8) is 0 Å². The summed E-state index contributed by atoms with van der Waals surface area (Å²) in [5.41, 5.74) is 0.0848. The van der Waals surface area contributed by atoms with Crippen molar-refractivity contribution < 1.29 is 14.6 Å². The first-order valence-electron chi connectivity index (χ1n) is 4.81. The van der Waals surface area contributed by atoms with E-state index in [1.54, 1.807) is 6.07 Å². The highest BCUT2D eigenvalue weighted by Gasteiger charge is 2.09. The average molecular weight is 244 g/mol. The molecule has 1 N–H and O–H groups in total. The molecule has 0 aliphatic carbocycles. The van der Waals surface area contributed by atoms with Crippen LogP contribution in [0, 0.1) is 0 Å². The van der Waals surface area contributed by atoms with Gasteiger partial charge in [0.05, 0.1) is 10.6 Å². The Hall–Kier alpha value is -1.26. The molecule has 0 amide bonds. The molecular formula is C11H14ClNO3. The Morgan fingerprint density at radius 2 is 2.19 bits per heavy atom. The van der Waals surface area contributed by atoms with Crippen LogP contribution in [0.2, 0.25) is 5.02 Å². The van der Waals surface area contributed by atoms with Crippen molar-refractivity contribution in [2.45, 2.75) is 0 Å². The second-order valence-corrected chi connectivity index (χ2v) is 4.01. The molecule has 0 radical (unpaired) electrons. The van der Waals surface area contributed by atoms with Gasteiger partial charge < -0.3 is 14.7 Å². The number of benzene rings is 1. The van der Waals surface area contributed by atoms with Crippen molar-refractivity contribution in [1.82, 2.24) is 4.90 Å². The van der Waals surface area contributed by atoms with E-state index in [0.717, 1.165) is 6.54 Å². The minimum atomic E-state index is -1.04. The number of hydrogen-bond acceptors (Lipinski definition) is 3. The van der Waals surface area contributed by atoms with E-state index in [2.05, 4.69) is 0 Å². The molecule has 0 aromatic heterocycles. The Labute approximate surface area is 99.4 Å². The Morgan fingerprint density at radius 3 is 2.69 bits per heavy atom. The Balaban J connectivity index is 2.63. The molecule has 0 heterocycles. The minimum Gasteiger partial charge on any atom is -0.492 e. The van der Waals surface area contributed by atoms with Gasteiger partial charge in [0, 0.05) is 6.54 Å². The Kier molecular flexibility index (Phi) is 4.58. The molecule has 0 bridgehead atoms. The summed E-state index contributed by atoms with van der Waals surface area (Å²) < 4.78 is 5.41. The second kappa shape index (κ2) is 5.72. The summed E-state index contributed by atoms with van der Waals surface area (Å²) in [4.78, 5) is 12.7. The Bertz CT molecular complexity index is 379. The first-order chi connectivity index (χ1) is 7.50. The molecule has 5 heteroatoms. The molecule has 0 unspecified atom stereocenters. The van der Waals surface area contributed by atoms with Crippen LogP contribution in [0.15, 0.2) is 18.2 Å². The topological polar surface area (TPSA) is 49.8 Å². The summed E-state index contributed by atoms with van der Waals surface area (Å²) in [6.45, 7) is 1.33. The summed E-state index contributed by atoms with van der Waals surface area (Å²) in [5.74, 6) is -0.457. The summed E-state index contributed by atoms with van der Waals surface area (Å²) >= 11 is 5.79. The number of carboxylic acid groups (broad SMARTS) is 1. The molecule has 0 atom stereocenters. The molecule has 1 aromatic rings. The van der Waals surface area contributed by atoms with Crippen molar-refractivity contribution >= 4 is 17.6 Å². The number of ether oxygens (including phenoxy) is 1. The Morgan fingerprint density at radius 1 is 1.50 bits per heavy atom. The number of aromatic carboxylic acids is 1. The lowest BCUT2D eigenvalue weighted by atomic mass is 10.2. The van der Waals surface area contributed by atoms with E-state index in [0.29, 0.717) is 12.4 Å². The van der Waals surface area contributed by atoms with Crippen LogP contribution in [0.1, 0.15) is 10.4 Å². The molecule has 16 heavy (non-hydrogen) atoms. The van der Waals surface area contributed by atoms with Gasteiger partial charge in [-0.3, -0.25) is 0 Å². The number of halogens is 1. The van der Waals surface area contributed by atoms with Crippen molar-refractivity contribution in [3.8, 4) is 5.75 Å². The fourth-order valence-electron chi connectivity index (χ4n) is 1.11. The number of carbonyl (C=O) groups is 1. The van der Waals surface area contributed by atoms with Gasteiger partial charge in [-0.25, -0.2) is 4.79 Å². The maximum Gasteiger partial charge on any atom is 0.337 e. The third-order valence-electron chi connectivity index (χ3n) is 1.98. The van der Waals surface area contributed by atoms with Crippen LogP contribution in [0.4, 0.5) is 0 Å². The van der Waals surface area contributed by atoms with Crippen LogP contribution >= 0.6 is 11.6 Å². The summed E-state index contributed by atoms with van der Waals surface area (Å²) in [7, 11) is 3.90. The molecule has 0 saturated heterocycles. The maximum absolute atomic E-state index is 10.7. The van der Waals surface area contributed by atoms with Crippen LogP contribution in [0.3, 0.4) is 0 Å². The molecule has 88 valence electrons. The highest BCUT2D eigenvalue weighted by Crippen LogP contribution is 2.22. The third-order valence-corrected chi connectivity index (χ3v) is 2.29. The van der Waals surface area contributed by atoms with Crippen molar-refractivity contribution in [2.24, 2.45) is 0 Å². The lowest BCUT2D eigenvalue weighted by Gasteiger charge is -2.11. The monoisotopic (exact) mass is 243 g/mol. The van der Waals surface area contributed by atoms with Crippen molar-refractivity contribution in [2.75, 3.05) is 27.2 Å². The average Bonchev–Trinajstić information content (AvgIpc) is 2.16. The molecular weight excluding hydrogens is 230 g/mol. The van der Waals surface area contributed by atoms with Gasteiger partial charge in [0.2, 0.25) is 0 Å². The van der Waals surface area contributed by atoms with Gasteiger partial charge in [0.25, 0.3) is 0 Å². The van der Waals surface area contributed by atoms with E-state index in [9.17, 15) is 4.79 Å². The molecule has 0 spiro atoms. The van der Waals surface area contributed by atoms with Crippen LogP contribution in [0.25, 0.3) is 0 Å². The smallest absolute Gasteiger partial charge is 0.337 e. The van der Waals surface area contributed by atoms with E-state index in [-0.39, 0.29) is 10.6 Å². The zero-order chi connectivity index (χ0) is 12.1. The highest BCUT2D eigenvalue weighted by atomic mass is 35.5. The lowest BCUT2D eigenvalue weighted by Crippen LogP contribution is -2.19. The standard InChI is InChI=1S/C11H14ClNO3/c1-13(2)5-6-16-8-3-4-9(11(14)15)10(12)7-8/h3-4,7H,5-6H2,1-2H3,(H,14,15). The fourth-order valence-corrected chi connectivity index (χ4v) is 1.36. The molecule has 4 nitrogen and oxygen atoms in total. The van der Waals surface area contributed by atoms with Gasteiger partial charge in [0.15, 0.2) is 0 Å². The van der Waals surface area contributed by atoms with E-state index >= 15 is 0 Å². The quantitative estimate of drug-likeness (QED) is 0.859. The van der Waals surface area contributed by atoms with Gasteiger partial charge in [0.1, 0.15) is 12.4 Å². The van der Waals surface area contributed by atoms with Gasteiger partial charge in [-0.05, 0) is 32.3 Å². The number of rotatable bonds is 5. The predicted octanol–water partition coefficient (Wildman–Crippen LogP) is 1.98. The zero-order valence-electron chi connectivity index (χ0n) is 9.24. The largest absolute Gasteiger partial charge is 0.492 e. The van der Waals surface area contributed by atoms with E-state index < -0.39 is 5.97 Å². The normalized spacial score (nSPS) is 10.5. The summed E-state index contributed by atoms with van der Waals surface area (Å²) in [6.07, 6.45) is 0. The number of carboxylic acids is 1. The van der Waals surface area contributed by atoms with Crippen LogP contribution in [-0.4, -0.2) is 43.2 Å². The first kappa shape index (κ1) is 12.8. The van der Waals surface area contributed by atoms with Gasteiger partial charge in [-0.1, -0.05) is 11.6 Å². The minimum absolute atomic E-state index is 0.0848. The van der Waals surface area contributed by atoms with Gasteiger partial charge >= 0.3 is 5.97 Å². The second-order valence-electron chi connectivity index (χ2n) is 3.60. The van der Waals surface area contributed by atoms with E-state index in [1.807, 2.05) is 19.0 Å². The molecule has 0 aliphatic heterocycles. The highest BCUT2D eigenvalue weighted by molar-refractivity contribution is 6.33. The van der Waals surface area contributed by atoms with Gasteiger partial charge in [-0.15, -0.1) is 0 Å². The lowest BCUT2D eigenvalue weighted by molar-refractivity contribution is 0.0697. The molecule has 0 aliphatic rings. The predicted molar refractivity (Wildman–Crippen MR) is 62.5 cm³/mol. The van der Waals surface area contributed by atoms with Crippen LogP contribution in [0.5, 0.6) is 5.75 Å². The first-order valence-corrected chi connectivity index (χ1v) is 5.19. The van der Waals surface area contributed by atoms with Crippen LogP contribution < -0.4 is 4.74 Å². The molecule has 0 fully saturated rings. The zero-order valence-corrected chi connectivity index (χ0v) is 9.99. The number of hydrogen-bond donors (Lipinski definition) is 1. The SMILES string of the molecule is CN(C)CCOc1ccc(C(=O)O)c(Cl)c1. The van der Waals surface area contributed by atoms with E-state index in [4.69, 9.17) is 21.4 Å². The van der Waals surface area contributed by atoms with Crippen molar-refractivity contribution in [3.05, 3.63) is 28.8 Å². The molecule has 0 saturated carbocycles. The van der Waals surface area contributed by atoms with Gasteiger partial charge in [-0.2, -0.15) is 0 Å². The molecule has 1 rings (SSSR count). The summed E-state index contributed by atoms with van der Waals surface area (Å²) in [6, 6.07) is 4.56. The summed E-state index contributed by atoms with van der Waals surface area (Å²) in [5, 5.41) is 8.96. The van der Waals surface area contributed by atoms with Crippen molar-refractivity contribution in [1.29, 1.82) is 0 Å². The molecule has 1 aromatic carbocycles. The number of nitrogens with zero attached hydrogens (tertiary/aromatic N) is 1. The number of likely N-dealkylation sites (N-methyl/N-ethyl adjacent to an activating group) is 1. The maximum atomic E-state index is 10.7.